The quantitative estimate of drug-likeness (QED) is 0.214. The molecule has 45 heavy (non-hydrogen) atoms. The van der Waals surface area contributed by atoms with E-state index < -0.39 is 6.36 Å². The highest BCUT2D eigenvalue weighted by Gasteiger charge is 2.31. The number of thioether (sulfide) groups is 1. The van der Waals surface area contributed by atoms with Crippen LogP contribution in [0.25, 0.3) is 17.1 Å². The number of alkyl halides is 3. The van der Waals surface area contributed by atoms with Crippen molar-refractivity contribution in [1.82, 2.24) is 20.1 Å². The largest absolute Gasteiger partial charge is 0.573 e. The number of aliphatic imine (C=N–C) groups is 1. The van der Waals surface area contributed by atoms with Gasteiger partial charge in [0.1, 0.15) is 12.1 Å². The normalized spacial score (nSPS) is 15.3. The molecule has 0 bridgehead atoms. The van der Waals surface area contributed by atoms with Gasteiger partial charge in [0.2, 0.25) is 0 Å². The van der Waals surface area contributed by atoms with E-state index in [1.54, 1.807) is 11.8 Å². The van der Waals surface area contributed by atoms with Gasteiger partial charge in [0.15, 0.2) is 11.0 Å². The second-order valence-corrected chi connectivity index (χ2v) is 12.3. The molecule has 12 heteroatoms. The average molecular weight is 637 g/mol. The number of hydrogen-bond acceptors (Lipinski definition) is 5. The molecular weight excluding hydrogens is 601 g/mol. The number of rotatable bonds is 8. The van der Waals surface area contributed by atoms with Gasteiger partial charge in [-0.3, -0.25) is 0 Å². The second-order valence-electron chi connectivity index (χ2n) is 11.2. The molecule has 8 nitrogen and oxygen atoms in total. The number of amidine groups is 1. The summed E-state index contributed by atoms with van der Waals surface area (Å²) in [5.41, 5.74) is 7.17. The van der Waals surface area contributed by atoms with Gasteiger partial charge < -0.3 is 15.0 Å². The van der Waals surface area contributed by atoms with E-state index in [0.29, 0.717) is 18.1 Å². The highest BCUT2D eigenvalue weighted by Crippen LogP contribution is 2.32. The lowest BCUT2D eigenvalue weighted by atomic mass is 10.00. The Morgan fingerprint density at radius 1 is 1.07 bits per heavy atom. The number of ether oxygens (including phenoxy) is 1. The topological polar surface area (TPSA) is 84.6 Å². The number of urea groups is 1. The first-order chi connectivity index (χ1) is 21.4. The average Bonchev–Trinajstić information content (AvgIpc) is 3.47. The molecular formula is C33H35F3N6O2S. The summed E-state index contributed by atoms with van der Waals surface area (Å²) in [5, 5.41) is 8.17. The van der Waals surface area contributed by atoms with Crippen LogP contribution >= 0.6 is 11.8 Å². The minimum atomic E-state index is -4.74. The van der Waals surface area contributed by atoms with Crippen LogP contribution in [0, 0.1) is 26.7 Å². The number of nitrogens with one attached hydrogen (secondary N) is 1. The number of carbonyl (C=O) groups is 1. The predicted octanol–water partition coefficient (Wildman–Crippen LogP) is 7.65. The molecule has 0 aliphatic carbocycles. The van der Waals surface area contributed by atoms with Gasteiger partial charge in [-0.25, -0.2) is 14.5 Å². The van der Waals surface area contributed by atoms with Crippen LogP contribution in [0.4, 0.5) is 23.7 Å². The highest BCUT2D eigenvalue weighted by atomic mass is 32.2. The molecule has 1 N–H and O–H groups in total. The van der Waals surface area contributed by atoms with Gasteiger partial charge in [-0.1, -0.05) is 60.6 Å². The van der Waals surface area contributed by atoms with Crippen LogP contribution < -0.4 is 15.0 Å². The van der Waals surface area contributed by atoms with E-state index in [1.165, 1.54) is 52.0 Å². The molecule has 1 aliphatic heterocycles. The number of benzene rings is 3. The van der Waals surface area contributed by atoms with Gasteiger partial charge in [0.25, 0.3) is 0 Å². The Balaban J connectivity index is 1.15. The predicted molar refractivity (Wildman–Crippen MR) is 172 cm³/mol. The van der Waals surface area contributed by atoms with E-state index in [2.05, 4.69) is 69.9 Å². The number of halogens is 3. The zero-order chi connectivity index (χ0) is 32.1. The van der Waals surface area contributed by atoms with Crippen molar-refractivity contribution < 1.29 is 22.7 Å². The number of anilines is 1. The summed E-state index contributed by atoms with van der Waals surface area (Å²) in [4.78, 5) is 23.8. The van der Waals surface area contributed by atoms with Crippen LogP contribution in [0.1, 0.15) is 35.6 Å². The third-order valence-corrected chi connectivity index (χ3v) is 8.38. The zero-order valence-electron chi connectivity index (χ0n) is 25.6. The summed E-state index contributed by atoms with van der Waals surface area (Å²) >= 11 is 1.62. The van der Waals surface area contributed by atoms with Gasteiger partial charge in [-0.2, -0.15) is 4.99 Å². The fourth-order valence-corrected chi connectivity index (χ4v) is 6.37. The maximum absolute atomic E-state index is 12.8. The van der Waals surface area contributed by atoms with Crippen molar-refractivity contribution in [3.8, 4) is 22.8 Å². The van der Waals surface area contributed by atoms with Gasteiger partial charge in [-0.15, -0.1) is 18.3 Å². The molecule has 5 rings (SSSR count). The molecule has 0 saturated carbocycles. The lowest BCUT2D eigenvalue weighted by Gasteiger charge is -2.32. The standard InChI is InChI=1S/C33H35F3N6O2S/c1-21-16-23(3)29(24(4)17-21)41-14-5-15-45-32(41)39-31(43)37-19-22(2)18-25-6-8-26(9-7-25)30-38-20-42(40-30)27-10-12-28(13-11-27)44-33(34,35)36/h6-13,16-17,20,22H,5,14-15,18-19H2,1-4H3,(H,37,43). The molecule has 2 amide bonds. The fraction of sp³-hybridized carbons (Fsp3) is 0.333. The molecule has 1 atom stereocenters. The number of hydrogen-bond donors (Lipinski definition) is 1. The minimum Gasteiger partial charge on any atom is -0.406 e. The molecule has 1 aromatic heterocycles. The Labute approximate surface area is 264 Å². The number of carbonyl (C=O) groups excluding carboxylic acids is 1. The third kappa shape index (κ3) is 8.44. The van der Waals surface area contributed by atoms with E-state index in [9.17, 15) is 18.0 Å². The Hall–Kier alpha value is -4.32. The number of nitrogens with zero attached hydrogens (tertiary/aromatic N) is 5. The van der Waals surface area contributed by atoms with E-state index in [-0.39, 0.29) is 17.7 Å². The zero-order valence-corrected chi connectivity index (χ0v) is 26.4. The third-order valence-electron chi connectivity index (χ3n) is 7.32. The molecule has 1 unspecified atom stereocenters. The van der Waals surface area contributed by atoms with Crippen LogP contribution in [-0.4, -0.2) is 51.2 Å². The highest BCUT2D eigenvalue weighted by molar-refractivity contribution is 8.14. The van der Waals surface area contributed by atoms with Crippen molar-refractivity contribution in [3.05, 3.63) is 89.2 Å². The maximum Gasteiger partial charge on any atom is 0.573 e. The summed E-state index contributed by atoms with van der Waals surface area (Å²) in [6, 6.07) is 17.3. The van der Waals surface area contributed by atoms with E-state index in [1.807, 2.05) is 24.3 Å². The SMILES string of the molecule is Cc1cc(C)c(N2CCCSC2=NC(=O)NCC(C)Cc2ccc(-c3ncn(-c4ccc(OC(F)(F)F)cc4)n3)cc2)c(C)c1. The van der Waals surface area contributed by atoms with Gasteiger partial charge >= 0.3 is 12.4 Å². The fourth-order valence-electron chi connectivity index (χ4n) is 5.43. The molecule has 0 radical (unpaired) electrons. The molecule has 236 valence electrons. The number of aromatic nitrogens is 3. The van der Waals surface area contributed by atoms with Gasteiger partial charge in [-0.05, 0) is 80.5 Å². The smallest absolute Gasteiger partial charge is 0.406 e. The molecule has 1 fully saturated rings. The van der Waals surface area contributed by atoms with E-state index in [4.69, 9.17) is 0 Å². The van der Waals surface area contributed by atoms with Crippen molar-refractivity contribution in [1.29, 1.82) is 0 Å². The number of aryl methyl sites for hydroxylation is 3. The minimum absolute atomic E-state index is 0.179. The molecule has 2 heterocycles. The van der Waals surface area contributed by atoms with Crippen LogP contribution in [0.15, 0.2) is 72.0 Å². The Bertz CT molecular complexity index is 1650. The summed E-state index contributed by atoms with van der Waals surface area (Å²) in [7, 11) is 0. The van der Waals surface area contributed by atoms with Crippen LogP contribution in [0.3, 0.4) is 0 Å². The van der Waals surface area contributed by atoms with Crippen LogP contribution in [-0.2, 0) is 6.42 Å². The van der Waals surface area contributed by atoms with Crippen LogP contribution in [0.2, 0.25) is 0 Å². The van der Waals surface area contributed by atoms with Gasteiger partial charge in [0, 0.05) is 30.1 Å². The van der Waals surface area contributed by atoms with Crippen molar-refractivity contribution in [2.75, 3.05) is 23.7 Å². The first-order valence-electron chi connectivity index (χ1n) is 14.7. The van der Waals surface area contributed by atoms with Crippen molar-refractivity contribution in [2.24, 2.45) is 10.9 Å². The monoisotopic (exact) mass is 636 g/mol. The Morgan fingerprint density at radius 2 is 1.76 bits per heavy atom. The summed E-state index contributed by atoms with van der Waals surface area (Å²) in [6.45, 7) is 9.70. The molecule has 1 saturated heterocycles. The molecule has 4 aromatic rings. The summed E-state index contributed by atoms with van der Waals surface area (Å²) in [5.74, 6) is 1.30. The molecule has 3 aromatic carbocycles. The maximum atomic E-state index is 12.8. The summed E-state index contributed by atoms with van der Waals surface area (Å²) in [6.07, 6.45) is -1.45. The van der Waals surface area contributed by atoms with Gasteiger partial charge in [0.05, 0.1) is 5.69 Å². The van der Waals surface area contributed by atoms with E-state index >= 15 is 0 Å². The van der Waals surface area contributed by atoms with Crippen LogP contribution in [0.5, 0.6) is 5.75 Å². The molecule has 1 aliphatic rings. The number of amides is 2. The van der Waals surface area contributed by atoms with E-state index in [0.717, 1.165) is 47.1 Å². The lowest BCUT2D eigenvalue weighted by Crippen LogP contribution is -2.37. The second kappa shape index (κ2) is 13.8. The van der Waals surface area contributed by atoms with Crippen molar-refractivity contribution in [2.45, 2.75) is 46.9 Å². The van der Waals surface area contributed by atoms with Crippen molar-refractivity contribution >= 4 is 28.6 Å². The molecule has 0 spiro atoms. The van der Waals surface area contributed by atoms with Crippen molar-refractivity contribution in [3.63, 3.8) is 0 Å². The first kappa shape index (κ1) is 32.1. The summed E-state index contributed by atoms with van der Waals surface area (Å²) < 4.78 is 42.7. The Kier molecular flexibility index (Phi) is 9.81. The first-order valence-corrected chi connectivity index (χ1v) is 15.7. The lowest BCUT2D eigenvalue weighted by molar-refractivity contribution is -0.274. The Morgan fingerprint density at radius 3 is 2.42 bits per heavy atom.